The fourth-order valence-corrected chi connectivity index (χ4v) is 3.90. The first-order chi connectivity index (χ1) is 15.3. The fourth-order valence-electron chi connectivity index (χ4n) is 2.72. The van der Waals surface area contributed by atoms with Crippen molar-refractivity contribution in [1.82, 2.24) is 5.43 Å². The predicted octanol–water partition coefficient (Wildman–Crippen LogP) is 6.27. The van der Waals surface area contributed by atoms with Crippen molar-refractivity contribution in [3.63, 3.8) is 0 Å². The van der Waals surface area contributed by atoms with Crippen LogP contribution in [-0.4, -0.2) is 22.8 Å². The van der Waals surface area contributed by atoms with E-state index < -0.39 is 0 Å². The van der Waals surface area contributed by atoms with Crippen molar-refractivity contribution in [1.29, 1.82) is 0 Å². The first-order valence-electron chi connectivity index (χ1n) is 9.75. The second-order valence-electron chi connectivity index (χ2n) is 6.93. The van der Waals surface area contributed by atoms with Gasteiger partial charge in [0.15, 0.2) is 0 Å². The van der Waals surface area contributed by atoms with Crippen molar-refractivity contribution in [2.45, 2.75) is 24.0 Å². The molecule has 0 aliphatic carbocycles. The molecular formula is C24H21Cl2N3O2S. The number of anilines is 1. The zero-order chi connectivity index (χ0) is 23.1. The highest BCUT2D eigenvalue weighted by molar-refractivity contribution is 8.00. The predicted molar refractivity (Wildman–Crippen MR) is 133 cm³/mol. The van der Waals surface area contributed by atoms with E-state index in [-0.39, 0.29) is 17.1 Å². The number of nitrogens with zero attached hydrogens (tertiary/aromatic N) is 1. The Morgan fingerprint density at radius 3 is 2.31 bits per heavy atom. The van der Waals surface area contributed by atoms with Gasteiger partial charge in [-0.05, 0) is 74.0 Å². The Bertz CT molecular complexity index is 1150. The Labute approximate surface area is 201 Å². The zero-order valence-electron chi connectivity index (χ0n) is 17.4. The number of halogens is 2. The van der Waals surface area contributed by atoms with Crippen LogP contribution in [0.5, 0.6) is 0 Å². The SMILES string of the molecule is C/C(=N/NC(=O)[C@H](C)Sc1ccc(Cl)cc1)c1cccc(NC(=O)c2cccc(Cl)c2)c1. The molecule has 3 aromatic carbocycles. The summed E-state index contributed by atoms with van der Waals surface area (Å²) in [6, 6.07) is 21.3. The maximum atomic E-state index is 12.4. The molecule has 1 atom stereocenters. The van der Waals surface area contributed by atoms with Gasteiger partial charge in [-0.3, -0.25) is 9.59 Å². The molecule has 0 radical (unpaired) electrons. The average molecular weight is 486 g/mol. The van der Waals surface area contributed by atoms with Crippen molar-refractivity contribution < 1.29 is 9.59 Å². The van der Waals surface area contributed by atoms with Crippen molar-refractivity contribution in [3.8, 4) is 0 Å². The van der Waals surface area contributed by atoms with Crippen LogP contribution in [0.4, 0.5) is 5.69 Å². The molecule has 0 saturated carbocycles. The van der Waals surface area contributed by atoms with Gasteiger partial charge < -0.3 is 5.32 Å². The molecule has 3 rings (SSSR count). The molecule has 0 saturated heterocycles. The van der Waals surface area contributed by atoms with E-state index in [0.29, 0.717) is 27.0 Å². The Hall–Kier alpha value is -2.80. The minimum atomic E-state index is -0.337. The first kappa shape index (κ1) is 23.9. The van der Waals surface area contributed by atoms with E-state index in [1.807, 2.05) is 31.2 Å². The lowest BCUT2D eigenvalue weighted by Gasteiger charge is -2.11. The minimum Gasteiger partial charge on any atom is -0.322 e. The maximum absolute atomic E-state index is 12.4. The summed E-state index contributed by atoms with van der Waals surface area (Å²) in [5, 5.41) is 7.86. The summed E-state index contributed by atoms with van der Waals surface area (Å²) in [5.41, 5.74) is 5.06. The number of nitrogens with one attached hydrogen (secondary N) is 2. The van der Waals surface area contributed by atoms with Crippen LogP contribution < -0.4 is 10.7 Å². The Balaban J connectivity index is 1.61. The van der Waals surface area contributed by atoms with Crippen LogP contribution in [0.2, 0.25) is 10.0 Å². The lowest BCUT2D eigenvalue weighted by Crippen LogP contribution is -2.27. The van der Waals surface area contributed by atoms with Crippen molar-refractivity contribution in [2.75, 3.05) is 5.32 Å². The molecule has 8 heteroatoms. The van der Waals surface area contributed by atoms with Gasteiger partial charge in [0.2, 0.25) is 0 Å². The van der Waals surface area contributed by atoms with Gasteiger partial charge in [0.25, 0.3) is 11.8 Å². The van der Waals surface area contributed by atoms with Crippen LogP contribution in [0.1, 0.15) is 29.8 Å². The fraction of sp³-hybridized carbons (Fsp3) is 0.125. The van der Waals surface area contributed by atoms with E-state index >= 15 is 0 Å². The molecule has 5 nitrogen and oxygen atoms in total. The van der Waals surface area contributed by atoms with E-state index in [0.717, 1.165) is 10.5 Å². The minimum absolute atomic E-state index is 0.213. The summed E-state index contributed by atoms with van der Waals surface area (Å²) in [6.07, 6.45) is 0. The maximum Gasteiger partial charge on any atom is 0.255 e. The number of carbonyl (C=O) groups is 2. The van der Waals surface area contributed by atoms with Crippen molar-refractivity contribution in [2.24, 2.45) is 5.10 Å². The number of rotatable bonds is 7. The van der Waals surface area contributed by atoms with Gasteiger partial charge in [-0.15, -0.1) is 11.8 Å². The summed E-state index contributed by atoms with van der Waals surface area (Å²) in [6.45, 7) is 3.60. The summed E-state index contributed by atoms with van der Waals surface area (Å²) >= 11 is 13.3. The molecule has 0 spiro atoms. The molecule has 2 amide bonds. The standard InChI is InChI=1S/C24H21Cl2N3O2S/c1-15(28-29-23(30)16(2)32-22-11-9-19(25)10-12-22)17-5-4-8-21(14-17)27-24(31)18-6-3-7-20(26)13-18/h3-14,16H,1-2H3,(H,27,31)(H,29,30)/b28-15-/t16-/m0/s1. The van der Waals surface area contributed by atoms with Crippen LogP contribution in [0, 0.1) is 0 Å². The molecule has 2 N–H and O–H groups in total. The van der Waals surface area contributed by atoms with E-state index in [2.05, 4.69) is 15.8 Å². The van der Waals surface area contributed by atoms with E-state index in [4.69, 9.17) is 23.2 Å². The van der Waals surface area contributed by atoms with Gasteiger partial charge in [-0.1, -0.05) is 41.4 Å². The molecule has 164 valence electrons. The molecule has 0 unspecified atom stereocenters. The number of thioether (sulfide) groups is 1. The monoisotopic (exact) mass is 485 g/mol. The summed E-state index contributed by atoms with van der Waals surface area (Å²) < 4.78 is 0. The summed E-state index contributed by atoms with van der Waals surface area (Å²) in [4.78, 5) is 25.8. The third-order valence-corrected chi connectivity index (χ3v) is 6.05. The van der Waals surface area contributed by atoms with Crippen LogP contribution in [-0.2, 0) is 4.79 Å². The Morgan fingerprint density at radius 2 is 1.59 bits per heavy atom. The molecular weight excluding hydrogens is 465 g/mol. The largest absolute Gasteiger partial charge is 0.322 e. The van der Waals surface area contributed by atoms with Crippen LogP contribution in [0.3, 0.4) is 0 Å². The molecule has 32 heavy (non-hydrogen) atoms. The summed E-state index contributed by atoms with van der Waals surface area (Å²) in [5.74, 6) is -0.477. The second kappa shape index (κ2) is 11.2. The smallest absolute Gasteiger partial charge is 0.255 e. The van der Waals surface area contributed by atoms with Gasteiger partial charge in [0.1, 0.15) is 0 Å². The van der Waals surface area contributed by atoms with Crippen molar-refractivity contribution in [3.05, 3.63) is 94.0 Å². The van der Waals surface area contributed by atoms with Gasteiger partial charge >= 0.3 is 0 Å². The number of hydrogen-bond acceptors (Lipinski definition) is 4. The van der Waals surface area contributed by atoms with Gasteiger partial charge in [0.05, 0.1) is 11.0 Å². The molecule has 0 aromatic heterocycles. The molecule has 0 bridgehead atoms. The zero-order valence-corrected chi connectivity index (χ0v) is 19.8. The van der Waals surface area contributed by atoms with E-state index in [1.165, 1.54) is 11.8 Å². The number of amides is 2. The highest BCUT2D eigenvalue weighted by Crippen LogP contribution is 2.24. The summed E-state index contributed by atoms with van der Waals surface area (Å²) in [7, 11) is 0. The topological polar surface area (TPSA) is 70.6 Å². The van der Waals surface area contributed by atoms with Gasteiger partial charge in [-0.2, -0.15) is 5.10 Å². The van der Waals surface area contributed by atoms with Crippen molar-refractivity contribution >= 4 is 58.2 Å². The quantitative estimate of drug-likeness (QED) is 0.235. The molecule has 0 heterocycles. The normalized spacial score (nSPS) is 12.2. The number of hydrazone groups is 1. The lowest BCUT2D eigenvalue weighted by molar-refractivity contribution is -0.120. The molecule has 0 fully saturated rings. The molecule has 3 aromatic rings. The van der Waals surface area contributed by atoms with Gasteiger partial charge in [-0.25, -0.2) is 5.43 Å². The van der Waals surface area contributed by atoms with E-state index in [9.17, 15) is 9.59 Å². The lowest BCUT2D eigenvalue weighted by atomic mass is 10.1. The number of carbonyl (C=O) groups excluding carboxylic acids is 2. The van der Waals surface area contributed by atoms with Crippen LogP contribution in [0.25, 0.3) is 0 Å². The van der Waals surface area contributed by atoms with Crippen LogP contribution in [0.15, 0.2) is 82.8 Å². The second-order valence-corrected chi connectivity index (χ2v) is 9.22. The first-order valence-corrected chi connectivity index (χ1v) is 11.4. The Kier molecular flexibility index (Phi) is 8.33. The highest BCUT2D eigenvalue weighted by atomic mass is 35.5. The third-order valence-electron chi connectivity index (χ3n) is 4.45. The Morgan fingerprint density at radius 1 is 0.906 bits per heavy atom. The number of hydrogen-bond donors (Lipinski definition) is 2. The van der Waals surface area contributed by atoms with Gasteiger partial charge in [0, 0.05) is 26.2 Å². The van der Waals surface area contributed by atoms with Crippen LogP contribution >= 0.6 is 35.0 Å². The van der Waals surface area contributed by atoms with E-state index in [1.54, 1.807) is 55.5 Å². The highest BCUT2D eigenvalue weighted by Gasteiger charge is 2.14. The molecule has 0 aliphatic rings. The average Bonchev–Trinajstić information content (AvgIpc) is 2.78. The number of benzene rings is 3. The molecule has 0 aliphatic heterocycles. The third kappa shape index (κ3) is 6.85.